The predicted molar refractivity (Wildman–Crippen MR) is 90.8 cm³/mol. The summed E-state index contributed by atoms with van der Waals surface area (Å²) in [6.45, 7) is 2.25. The van der Waals surface area contributed by atoms with Gasteiger partial charge in [-0.15, -0.1) is 0 Å². The smallest absolute Gasteiger partial charge is 0.328 e. The Morgan fingerprint density at radius 2 is 1.96 bits per heavy atom. The van der Waals surface area contributed by atoms with Crippen LogP contribution < -0.4 is 11.2 Å². The molecule has 1 unspecified atom stereocenters. The number of hydrogen-bond acceptors (Lipinski definition) is 3. The molecule has 1 aliphatic heterocycles. The molecule has 1 saturated heterocycles. The van der Waals surface area contributed by atoms with Crippen LogP contribution in [0, 0.1) is 6.92 Å². The van der Waals surface area contributed by atoms with Crippen molar-refractivity contribution in [1.29, 1.82) is 0 Å². The summed E-state index contributed by atoms with van der Waals surface area (Å²) >= 11 is 0. The van der Waals surface area contributed by atoms with Crippen molar-refractivity contribution in [3.63, 3.8) is 0 Å². The van der Waals surface area contributed by atoms with Crippen molar-refractivity contribution in [3.05, 3.63) is 68.5 Å². The van der Waals surface area contributed by atoms with Crippen LogP contribution in [0.4, 0.5) is 0 Å². The van der Waals surface area contributed by atoms with Gasteiger partial charge < -0.3 is 4.90 Å². The number of carbonyl (C=O) groups excluding carboxylic acids is 1. The lowest BCUT2D eigenvalue weighted by Gasteiger charge is -2.36. The van der Waals surface area contributed by atoms with Crippen LogP contribution in [-0.2, 0) is 11.3 Å². The number of aromatic amines is 1. The Bertz CT molecular complexity index is 839. The van der Waals surface area contributed by atoms with Gasteiger partial charge in [-0.25, -0.2) is 4.79 Å². The number of nitrogens with one attached hydrogen (secondary N) is 1. The molecule has 1 amide bonds. The zero-order chi connectivity index (χ0) is 17.1. The zero-order valence-corrected chi connectivity index (χ0v) is 13.7. The minimum absolute atomic E-state index is 0.0482. The Hall–Kier alpha value is -2.63. The summed E-state index contributed by atoms with van der Waals surface area (Å²) in [5, 5.41) is 0. The van der Waals surface area contributed by atoms with Gasteiger partial charge in [0.15, 0.2) is 0 Å². The second-order valence-electron chi connectivity index (χ2n) is 6.21. The van der Waals surface area contributed by atoms with Crippen LogP contribution >= 0.6 is 0 Å². The molecule has 1 atom stereocenters. The molecule has 24 heavy (non-hydrogen) atoms. The number of aromatic nitrogens is 2. The molecule has 0 radical (unpaired) electrons. The van der Waals surface area contributed by atoms with E-state index >= 15 is 0 Å². The van der Waals surface area contributed by atoms with Crippen molar-refractivity contribution < 1.29 is 4.79 Å². The lowest BCUT2D eigenvalue weighted by molar-refractivity contribution is -0.135. The molecule has 6 heteroatoms. The molecule has 0 spiro atoms. The number of carbonyl (C=O) groups is 1. The fraction of sp³-hybridized carbons (Fsp3) is 0.389. The van der Waals surface area contributed by atoms with E-state index in [1.54, 1.807) is 6.92 Å². The quantitative estimate of drug-likeness (QED) is 0.930. The van der Waals surface area contributed by atoms with Crippen molar-refractivity contribution >= 4 is 5.91 Å². The van der Waals surface area contributed by atoms with Crippen LogP contribution in [0.5, 0.6) is 0 Å². The highest BCUT2D eigenvalue weighted by Crippen LogP contribution is 2.30. The maximum Gasteiger partial charge on any atom is 0.328 e. The van der Waals surface area contributed by atoms with Gasteiger partial charge in [0, 0.05) is 18.3 Å². The van der Waals surface area contributed by atoms with Crippen molar-refractivity contribution in [3.8, 4) is 0 Å². The van der Waals surface area contributed by atoms with Gasteiger partial charge in [0.2, 0.25) is 5.91 Å². The Morgan fingerprint density at radius 1 is 1.21 bits per heavy atom. The summed E-state index contributed by atoms with van der Waals surface area (Å²) in [6.07, 6.45) is 4.42. The fourth-order valence-corrected chi connectivity index (χ4v) is 3.22. The van der Waals surface area contributed by atoms with E-state index in [9.17, 15) is 14.4 Å². The molecule has 6 nitrogen and oxygen atoms in total. The normalized spacial score (nSPS) is 17.7. The lowest BCUT2D eigenvalue weighted by atomic mass is 9.95. The minimum atomic E-state index is -0.549. The highest BCUT2D eigenvalue weighted by Gasteiger charge is 2.28. The molecule has 1 aromatic heterocycles. The number of rotatable bonds is 3. The van der Waals surface area contributed by atoms with E-state index in [1.807, 2.05) is 35.2 Å². The van der Waals surface area contributed by atoms with Crippen LogP contribution in [0.1, 0.15) is 36.4 Å². The number of H-pyrrole nitrogens is 1. The molecule has 1 aliphatic rings. The SMILES string of the molecule is Cc1cn(CC(=O)N2CCCCC2c2ccccc2)c(=O)[nH]c1=O. The van der Waals surface area contributed by atoms with Crippen LogP contribution in [0.15, 0.2) is 46.1 Å². The van der Waals surface area contributed by atoms with Crippen LogP contribution in [0.25, 0.3) is 0 Å². The third-order valence-electron chi connectivity index (χ3n) is 4.50. The summed E-state index contributed by atoms with van der Waals surface area (Å²) in [7, 11) is 0. The molecule has 0 aliphatic carbocycles. The highest BCUT2D eigenvalue weighted by atomic mass is 16.2. The van der Waals surface area contributed by atoms with Gasteiger partial charge in [-0.3, -0.25) is 19.1 Å². The van der Waals surface area contributed by atoms with E-state index in [1.165, 1.54) is 10.8 Å². The summed E-state index contributed by atoms with van der Waals surface area (Å²) in [5.41, 5.74) is 0.576. The van der Waals surface area contributed by atoms with Crippen molar-refractivity contribution in [1.82, 2.24) is 14.5 Å². The summed E-state index contributed by atoms with van der Waals surface area (Å²) in [4.78, 5) is 40.2. The Morgan fingerprint density at radius 3 is 2.71 bits per heavy atom. The van der Waals surface area contributed by atoms with Gasteiger partial charge in [-0.2, -0.15) is 0 Å². The first kappa shape index (κ1) is 16.2. The number of hydrogen-bond donors (Lipinski definition) is 1. The predicted octanol–water partition coefficient (Wildman–Crippen LogP) is 1.60. The summed E-state index contributed by atoms with van der Waals surface area (Å²) < 4.78 is 1.27. The number of benzene rings is 1. The highest BCUT2D eigenvalue weighted by molar-refractivity contribution is 5.76. The number of amides is 1. The first-order chi connectivity index (χ1) is 11.6. The van der Waals surface area contributed by atoms with Gasteiger partial charge in [-0.05, 0) is 31.7 Å². The van der Waals surface area contributed by atoms with E-state index in [0.29, 0.717) is 12.1 Å². The van der Waals surface area contributed by atoms with E-state index in [0.717, 1.165) is 24.8 Å². The average Bonchev–Trinajstić information content (AvgIpc) is 2.60. The first-order valence-electron chi connectivity index (χ1n) is 8.21. The second kappa shape index (κ2) is 6.86. The summed E-state index contributed by atoms with van der Waals surface area (Å²) in [5.74, 6) is -0.0999. The largest absolute Gasteiger partial charge is 0.334 e. The first-order valence-corrected chi connectivity index (χ1v) is 8.21. The number of nitrogens with zero attached hydrogens (tertiary/aromatic N) is 2. The molecular weight excluding hydrogens is 306 g/mol. The van der Waals surface area contributed by atoms with Gasteiger partial charge >= 0.3 is 5.69 Å². The lowest BCUT2D eigenvalue weighted by Crippen LogP contribution is -2.42. The molecular formula is C18H21N3O3. The van der Waals surface area contributed by atoms with Crippen LogP contribution in [-0.4, -0.2) is 26.9 Å². The maximum absolute atomic E-state index is 12.8. The minimum Gasteiger partial charge on any atom is -0.334 e. The molecule has 2 aromatic rings. The topological polar surface area (TPSA) is 75.2 Å². The Labute approximate surface area is 139 Å². The molecule has 1 N–H and O–H groups in total. The Kier molecular flexibility index (Phi) is 4.64. The monoisotopic (exact) mass is 327 g/mol. The Balaban J connectivity index is 1.84. The van der Waals surface area contributed by atoms with Crippen molar-refractivity contribution in [2.45, 2.75) is 38.8 Å². The van der Waals surface area contributed by atoms with Gasteiger partial charge in [0.25, 0.3) is 5.56 Å². The van der Waals surface area contributed by atoms with Crippen LogP contribution in [0.3, 0.4) is 0 Å². The molecule has 1 aromatic carbocycles. The molecule has 2 heterocycles. The number of likely N-dealkylation sites (tertiary alicyclic amines) is 1. The van der Waals surface area contributed by atoms with E-state index in [2.05, 4.69) is 4.98 Å². The van der Waals surface area contributed by atoms with Crippen molar-refractivity contribution in [2.75, 3.05) is 6.54 Å². The van der Waals surface area contributed by atoms with Crippen LogP contribution in [0.2, 0.25) is 0 Å². The van der Waals surface area contributed by atoms with Gasteiger partial charge in [0.05, 0.1) is 6.04 Å². The number of piperidine rings is 1. The van der Waals surface area contributed by atoms with E-state index in [4.69, 9.17) is 0 Å². The van der Waals surface area contributed by atoms with Gasteiger partial charge in [-0.1, -0.05) is 30.3 Å². The fourth-order valence-electron chi connectivity index (χ4n) is 3.22. The molecule has 126 valence electrons. The maximum atomic E-state index is 12.8. The second-order valence-corrected chi connectivity index (χ2v) is 6.21. The van der Waals surface area contributed by atoms with Gasteiger partial charge in [0.1, 0.15) is 6.54 Å². The average molecular weight is 327 g/mol. The third kappa shape index (κ3) is 3.32. The zero-order valence-electron chi connectivity index (χ0n) is 13.7. The summed E-state index contributed by atoms with van der Waals surface area (Å²) in [6, 6.07) is 10.0. The molecule has 0 saturated carbocycles. The van der Waals surface area contributed by atoms with E-state index < -0.39 is 11.2 Å². The number of aryl methyl sites for hydroxylation is 1. The molecule has 3 rings (SSSR count). The molecule has 0 bridgehead atoms. The third-order valence-corrected chi connectivity index (χ3v) is 4.50. The van der Waals surface area contributed by atoms with E-state index in [-0.39, 0.29) is 18.5 Å². The molecule has 1 fully saturated rings. The van der Waals surface area contributed by atoms with Crippen molar-refractivity contribution in [2.24, 2.45) is 0 Å². The standard InChI is InChI=1S/C18H21N3O3/c1-13-11-20(18(24)19-17(13)23)12-16(22)21-10-6-5-9-15(21)14-7-3-2-4-8-14/h2-4,7-8,11,15H,5-6,9-10,12H2,1H3,(H,19,23,24).